The maximum atomic E-state index is 4.69. The monoisotopic (exact) mass is 263 g/mol. The van der Waals surface area contributed by atoms with Gasteiger partial charge >= 0.3 is 0 Å². The molecule has 18 heavy (non-hydrogen) atoms. The smallest absolute Gasteiger partial charge is 0.0735 e. The van der Waals surface area contributed by atoms with Crippen LogP contribution in [0.3, 0.4) is 0 Å². The van der Waals surface area contributed by atoms with Crippen LogP contribution in [-0.2, 0) is 0 Å². The average molecular weight is 263 g/mol. The molecule has 1 aromatic rings. The number of hydrogen-bond donors (Lipinski definition) is 0. The highest BCUT2D eigenvalue weighted by molar-refractivity contribution is 8.13. The Balaban J connectivity index is 2.27. The van der Waals surface area contributed by atoms with Gasteiger partial charge in [0, 0.05) is 0 Å². The molecule has 0 aromatic heterocycles. The Kier molecular flexibility index (Phi) is 8.66. The molecule has 0 unspecified atom stereocenters. The Morgan fingerprint density at radius 1 is 1.00 bits per heavy atom. The normalized spacial score (nSPS) is 11.8. The van der Waals surface area contributed by atoms with Crippen LogP contribution in [-0.4, -0.2) is 11.3 Å². The second kappa shape index (κ2) is 10.2. The van der Waals surface area contributed by atoms with Crippen LogP contribution in [0.2, 0.25) is 0 Å². The SMILES string of the molecule is CCCCCCCCC(=Nc1ccccc1)SC. The molecule has 0 radical (unpaired) electrons. The first-order chi connectivity index (χ1) is 8.86. The lowest BCUT2D eigenvalue weighted by atomic mass is 10.1. The Morgan fingerprint density at radius 2 is 1.67 bits per heavy atom. The van der Waals surface area contributed by atoms with Crippen LogP contribution in [0.25, 0.3) is 0 Å². The van der Waals surface area contributed by atoms with Gasteiger partial charge in [-0.1, -0.05) is 57.2 Å². The highest BCUT2D eigenvalue weighted by atomic mass is 32.2. The summed E-state index contributed by atoms with van der Waals surface area (Å²) in [5.41, 5.74) is 1.08. The summed E-state index contributed by atoms with van der Waals surface area (Å²) < 4.78 is 0. The van der Waals surface area contributed by atoms with Crippen molar-refractivity contribution in [2.75, 3.05) is 6.26 Å². The van der Waals surface area contributed by atoms with Crippen LogP contribution >= 0.6 is 11.8 Å². The highest BCUT2D eigenvalue weighted by Gasteiger charge is 1.98. The lowest BCUT2D eigenvalue weighted by molar-refractivity contribution is 0.616. The summed E-state index contributed by atoms with van der Waals surface area (Å²) in [6, 6.07) is 10.3. The summed E-state index contributed by atoms with van der Waals surface area (Å²) in [7, 11) is 0. The minimum absolute atomic E-state index is 1.08. The second-order valence-electron chi connectivity index (χ2n) is 4.56. The summed E-state index contributed by atoms with van der Waals surface area (Å²) in [6.07, 6.45) is 11.3. The zero-order valence-corrected chi connectivity index (χ0v) is 12.5. The molecule has 2 heteroatoms. The molecule has 0 heterocycles. The summed E-state index contributed by atoms with van der Waals surface area (Å²) in [5, 5.41) is 1.26. The molecule has 0 atom stereocenters. The summed E-state index contributed by atoms with van der Waals surface area (Å²) in [6.45, 7) is 2.26. The quantitative estimate of drug-likeness (QED) is 0.326. The lowest BCUT2D eigenvalue weighted by Crippen LogP contribution is -1.91. The number of benzene rings is 1. The van der Waals surface area contributed by atoms with E-state index in [1.807, 2.05) is 18.2 Å². The van der Waals surface area contributed by atoms with Crippen molar-refractivity contribution in [3.63, 3.8) is 0 Å². The van der Waals surface area contributed by atoms with Gasteiger partial charge in [0.1, 0.15) is 0 Å². The van der Waals surface area contributed by atoms with Crippen LogP contribution < -0.4 is 0 Å². The van der Waals surface area contributed by atoms with Gasteiger partial charge in [0.2, 0.25) is 0 Å². The fourth-order valence-corrected chi connectivity index (χ4v) is 2.45. The Hall–Kier alpha value is -0.760. The van der Waals surface area contributed by atoms with Crippen molar-refractivity contribution in [2.45, 2.75) is 51.9 Å². The topological polar surface area (TPSA) is 12.4 Å². The molecule has 1 nitrogen and oxygen atoms in total. The second-order valence-corrected chi connectivity index (χ2v) is 5.44. The van der Waals surface area contributed by atoms with E-state index >= 15 is 0 Å². The van der Waals surface area contributed by atoms with E-state index < -0.39 is 0 Å². The Morgan fingerprint density at radius 3 is 2.33 bits per heavy atom. The Bertz CT molecular complexity index is 332. The number of aliphatic imine (C=N–C) groups is 1. The first kappa shape index (κ1) is 15.3. The van der Waals surface area contributed by atoms with E-state index in [4.69, 9.17) is 4.99 Å². The van der Waals surface area contributed by atoms with E-state index in [2.05, 4.69) is 25.3 Å². The Labute approximate surface area is 116 Å². The molecule has 0 aliphatic rings. The molecule has 1 rings (SSSR count). The van der Waals surface area contributed by atoms with E-state index in [-0.39, 0.29) is 0 Å². The van der Waals surface area contributed by atoms with Crippen LogP contribution in [0.15, 0.2) is 35.3 Å². The van der Waals surface area contributed by atoms with Gasteiger partial charge in [0.05, 0.1) is 10.7 Å². The fourth-order valence-electron chi connectivity index (χ4n) is 1.91. The molecule has 0 spiro atoms. The predicted molar refractivity (Wildman–Crippen MR) is 85.0 cm³/mol. The van der Waals surface area contributed by atoms with Crippen LogP contribution in [0.5, 0.6) is 0 Å². The van der Waals surface area contributed by atoms with Crippen molar-refractivity contribution in [3.05, 3.63) is 30.3 Å². The molecular weight excluding hydrogens is 238 g/mol. The molecule has 0 aliphatic carbocycles. The van der Waals surface area contributed by atoms with Crippen LogP contribution in [0, 0.1) is 0 Å². The zero-order valence-electron chi connectivity index (χ0n) is 11.7. The van der Waals surface area contributed by atoms with Gasteiger partial charge in [0.15, 0.2) is 0 Å². The fraction of sp³-hybridized carbons (Fsp3) is 0.562. The van der Waals surface area contributed by atoms with Gasteiger partial charge in [0.25, 0.3) is 0 Å². The largest absolute Gasteiger partial charge is 0.247 e. The van der Waals surface area contributed by atoms with Crippen molar-refractivity contribution < 1.29 is 0 Å². The van der Waals surface area contributed by atoms with E-state index in [0.29, 0.717) is 0 Å². The van der Waals surface area contributed by atoms with Crippen molar-refractivity contribution in [3.8, 4) is 0 Å². The van der Waals surface area contributed by atoms with E-state index in [9.17, 15) is 0 Å². The van der Waals surface area contributed by atoms with Crippen molar-refractivity contribution >= 4 is 22.5 Å². The molecule has 0 saturated carbocycles. The van der Waals surface area contributed by atoms with E-state index in [1.54, 1.807) is 11.8 Å². The van der Waals surface area contributed by atoms with Crippen LogP contribution in [0.1, 0.15) is 51.9 Å². The average Bonchev–Trinajstić information content (AvgIpc) is 2.42. The van der Waals surface area contributed by atoms with Crippen LogP contribution in [0.4, 0.5) is 5.69 Å². The van der Waals surface area contributed by atoms with E-state index in [1.165, 1.54) is 43.6 Å². The third-order valence-electron chi connectivity index (χ3n) is 2.99. The number of nitrogens with zero attached hydrogens (tertiary/aromatic N) is 1. The summed E-state index contributed by atoms with van der Waals surface area (Å²) >= 11 is 1.78. The predicted octanol–water partition coefficient (Wildman–Crippen LogP) is 5.83. The number of hydrogen-bond acceptors (Lipinski definition) is 2. The molecule has 0 aliphatic heterocycles. The minimum Gasteiger partial charge on any atom is -0.247 e. The molecule has 0 fully saturated rings. The number of rotatable bonds is 8. The molecular formula is C16H25NS. The van der Waals surface area contributed by atoms with Crippen molar-refractivity contribution in [1.82, 2.24) is 0 Å². The third kappa shape index (κ3) is 6.85. The van der Waals surface area contributed by atoms with Gasteiger partial charge in [-0.3, -0.25) is 0 Å². The van der Waals surface area contributed by atoms with E-state index in [0.717, 1.165) is 12.1 Å². The molecule has 0 saturated heterocycles. The van der Waals surface area contributed by atoms with Crippen molar-refractivity contribution in [2.24, 2.45) is 4.99 Å². The number of unbranched alkanes of at least 4 members (excludes halogenated alkanes) is 5. The van der Waals surface area contributed by atoms with Gasteiger partial charge in [-0.2, -0.15) is 0 Å². The third-order valence-corrected chi connectivity index (χ3v) is 3.76. The van der Waals surface area contributed by atoms with Crippen molar-refractivity contribution in [1.29, 1.82) is 0 Å². The van der Waals surface area contributed by atoms with Gasteiger partial charge in [-0.25, -0.2) is 4.99 Å². The lowest BCUT2D eigenvalue weighted by Gasteiger charge is -2.04. The zero-order chi connectivity index (χ0) is 13.1. The summed E-state index contributed by atoms with van der Waals surface area (Å²) in [5.74, 6) is 0. The molecule has 0 N–H and O–H groups in total. The van der Waals surface area contributed by atoms with Gasteiger partial charge in [-0.15, -0.1) is 11.8 Å². The molecule has 0 bridgehead atoms. The molecule has 1 aromatic carbocycles. The first-order valence-corrected chi connectivity index (χ1v) is 8.26. The number of thioether (sulfide) groups is 1. The summed E-state index contributed by atoms with van der Waals surface area (Å²) in [4.78, 5) is 4.69. The highest BCUT2D eigenvalue weighted by Crippen LogP contribution is 2.17. The maximum absolute atomic E-state index is 4.69. The van der Waals surface area contributed by atoms with Gasteiger partial charge < -0.3 is 0 Å². The standard InChI is InChI=1S/C16H25NS/c1-3-4-5-6-7-11-14-16(18-2)17-15-12-9-8-10-13-15/h8-10,12-13H,3-7,11,14H2,1-2H3. The number of para-hydroxylation sites is 1. The van der Waals surface area contributed by atoms with Gasteiger partial charge in [-0.05, 0) is 31.2 Å². The molecule has 100 valence electrons. The maximum Gasteiger partial charge on any atom is 0.0735 e. The first-order valence-electron chi connectivity index (χ1n) is 7.03. The molecule has 0 amide bonds. The minimum atomic E-state index is 1.08.